The molecule has 0 unspecified atom stereocenters. The summed E-state index contributed by atoms with van der Waals surface area (Å²) < 4.78 is 0. The van der Waals surface area contributed by atoms with E-state index >= 15 is 0 Å². The first kappa shape index (κ1) is 15.5. The number of nitrogens with one attached hydrogen (secondary N) is 1. The Kier molecular flexibility index (Phi) is 4.32. The molecule has 0 spiro atoms. The first-order valence-electron chi connectivity index (χ1n) is 6.66. The monoisotopic (exact) mass is 302 g/mol. The quantitative estimate of drug-likeness (QED) is 0.811. The zero-order chi connectivity index (χ0) is 15.6. The van der Waals surface area contributed by atoms with E-state index in [1.807, 2.05) is 12.1 Å². The smallest absolute Gasteiger partial charge is 0.286 e. The summed E-state index contributed by atoms with van der Waals surface area (Å²) in [6.07, 6.45) is 1.79. The van der Waals surface area contributed by atoms with Crippen molar-refractivity contribution >= 4 is 34.8 Å². The normalized spacial score (nSPS) is 17.0. The molecule has 4 nitrogen and oxygen atoms in total. The predicted octanol–water partition coefficient (Wildman–Crippen LogP) is 3.09. The van der Waals surface area contributed by atoms with Crippen molar-refractivity contribution in [3.05, 3.63) is 40.3 Å². The van der Waals surface area contributed by atoms with Crippen molar-refractivity contribution in [2.45, 2.75) is 33.1 Å². The largest absolute Gasteiger partial charge is 0.305 e. The van der Waals surface area contributed by atoms with E-state index in [-0.39, 0.29) is 17.2 Å². The van der Waals surface area contributed by atoms with Crippen molar-refractivity contribution < 1.29 is 9.59 Å². The minimum absolute atomic E-state index is 0.102. The highest BCUT2D eigenvalue weighted by Gasteiger charge is 2.22. The van der Waals surface area contributed by atoms with Crippen LogP contribution in [0, 0.1) is 0 Å². The summed E-state index contributed by atoms with van der Waals surface area (Å²) >= 11 is 1.18. The number of amidine groups is 1. The summed E-state index contributed by atoms with van der Waals surface area (Å²) in [7, 11) is 0. The second kappa shape index (κ2) is 5.85. The van der Waals surface area contributed by atoms with Crippen molar-refractivity contribution in [1.82, 2.24) is 5.32 Å². The number of aliphatic imine (C=N–C) groups is 1. The lowest BCUT2D eigenvalue weighted by Gasteiger charge is -2.18. The molecule has 21 heavy (non-hydrogen) atoms. The van der Waals surface area contributed by atoms with Crippen LogP contribution in [0.3, 0.4) is 0 Å². The molecule has 0 atom stereocenters. The van der Waals surface area contributed by atoms with Crippen LogP contribution in [0.1, 0.15) is 38.8 Å². The Hall–Kier alpha value is -1.88. The number of rotatable bonds is 1. The number of benzene rings is 1. The van der Waals surface area contributed by atoms with Crippen LogP contribution in [0.25, 0.3) is 6.08 Å². The lowest BCUT2D eigenvalue weighted by atomic mass is 9.87. The van der Waals surface area contributed by atoms with Crippen LogP contribution < -0.4 is 5.32 Å². The van der Waals surface area contributed by atoms with Gasteiger partial charge in [0.05, 0.1) is 4.91 Å². The Morgan fingerprint density at radius 1 is 1.24 bits per heavy atom. The van der Waals surface area contributed by atoms with E-state index in [1.54, 1.807) is 6.08 Å². The average molecular weight is 302 g/mol. The summed E-state index contributed by atoms with van der Waals surface area (Å²) in [4.78, 5) is 27.1. The van der Waals surface area contributed by atoms with Crippen LogP contribution in [0.2, 0.25) is 0 Å². The molecule has 110 valence electrons. The van der Waals surface area contributed by atoms with Crippen LogP contribution in [0.4, 0.5) is 0 Å². The predicted molar refractivity (Wildman–Crippen MR) is 87.0 cm³/mol. The number of thioether (sulfide) groups is 1. The van der Waals surface area contributed by atoms with Gasteiger partial charge >= 0.3 is 0 Å². The van der Waals surface area contributed by atoms with Gasteiger partial charge in [0.2, 0.25) is 5.91 Å². The SMILES string of the molecule is CC(=O)NC1=NC(=O)/C(=C/c2ccc(C(C)(C)C)cc2)S1. The van der Waals surface area contributed by atoms with Gasteiger partial charge in [-0.15, -0.1) is 0 Å². The third kappa shape index (κ3) is 4.04. The zero-order valence-electron chi connectivity index (χ0n) is 12.6. The van der Waals surface area contributed by atoms with Crippen LogP contribution in [0.5, 0.6) is 0 Å². The zero-order valence-corrected chi connectivity index (χ0v) is 13.4. The molecule has 2 amide bonds. The Morgan fingerprint density at radius 3 is 2.38 bits per heavy atom. The maximum atomic E-state index is 11.8. The van der Waals surface area contributed by atoms with E-state index < -0.39 is 0 Å². The maximum Gasteiger partial charge on any atom is 0.286 e. The topological polar surface area (TPSA) is 58.5 Å². The molecule has 2 rings (SSSR count). The highest BCUT2D eigenvalue weighted by molar-refractivity contribution is 8.18. The molecule has 1 aliphatic rings. The van der Waals surface area contributed by atoms with E-state index in [9.17, 15) is 9.59 Å². The number of nitrogens with zero attached hydrogens (tertiary/aromatic N) is 1. The number of hydrogen-bond acceptors (Lipinski definition) is 3. The minimum Gasteiger partial charge on any atom is -0.305 e. The van der Waals surface area contributed by atoms with Gasteiger partial charge in [0.15, 0.2) is 5.17 Å². The van der Waals surface area contributed by atoms with Gasteiger partial charge in [-0.25, -0.2) is 0 Å². The molecule has 1 aliphatic heterocycles. The summed E-state index contributed by atoms with van der Waals surface area (Å²) in [6.45, 7) is 7.86. The highest BCUT2D eigenvalue weighted by Crippen LogP contribution is 2.28. The minimum atomic E-state index is -0.316. The fraction of sp³-hybridized carbons (Fsp3) is 0.312. The molecule has 0 aliphatic carbocycles. The molecular weight excluding hydrogens is 284 g/mol. The highest BCUT2D eigenvalue weighted by atomic mass is 32.2. The summed E-state index contributed by atoms with van der Waals surface area (Å²) in [5.74, 6) is -0.548. The molecule has 1 aromatic rings. The molecule has 1 aromatic carbocycles. The number of carbonyl (C=O) groups is 2. The summed E-state index contributed by atoms with van der Waals surface area (Å²) in [6, 6.07) is 8.09. The van der Waals surface area contributed by atoms with Gasteiger partial charge in [-0.2, -0.15) is 4.99 Å². The van der Waals surface area contributed by atoms with Gasteiger partial charge in [-0.3, -0.25) is 9.59 Å². The summed E-state index contributed by atoms with van der Waals surface area (Å²) in [5.41, 5.74) is 2.29. The standard InChI is InChI=1S/C16H18N2O2S/c1-10(19)17-15-18-14(20)13(21-15)9-11-5-7-12(8-6-11)16(2,3)4/h5-9H,1-4H3,(H,17,18,19,20)/b13-9-. The molecule has 0 fully saturated rings. The molecule has 0 radical (unpaired) electrons. The Bertz CT molecular complexity index is 637. The lowest BCUT2D eigenvalue weighted by molar-refractivity contribution is -0.117. The first-order chi connectivity index (χ1) is 9.75. The second-order valence-corrected chi connectivity index (χ2v) is 6.92. The van der Waals surface area contributed by atoms with Gasteiger partial charge < -0.3 is 5.32 Å². The van der Waals surface area contributed by atoms with Crippen molar-refractivity contribution in [2.75, 3.05) is 0 Å². The first-order valence-corrected chi connectivity index (χ1v) is 7.48. The third-order valence-corrected chi connectivity index (χ3v) is 3.88. The number of hydrogen-bond donors (Lipinski definition) is 1. The average Bonchev–Trinajstić information content (AvgIpc) is 2.68. The molecule has 0 aromatic heterocycles. The maximum absolute atomic E-state index is 11.8. The van der Waals surface area contributed by atoms with Crippen LogP contribution in [0.15, 0.2) is 34.2 Å². The number of carbonyl (C=O) groups excluding carboxylic acids is 2. The van der Waals surface area contributed by atoms with Crippen molar-refractivity contribution in [2.24, 2.45) is 4.99 Å². The molecular formula is C16H18N2O2S. The van der Waals surface area contributed by atoms with Gasteiger partial charge in [-0.05, 0) is 34.4 Å². The van der Waals surface area contributed by atoms with Crippen molar-refractivity contribution in [1.29, 1.82) is 0 Å². The van der Waals surface area contributed by atoms with Crippen LogP contribution in [-0.4, -0.2) is 17.0 Å². The van der Waals surface area contributed by atoms with Gasteiger partial charge in [0.25, 0.3) is 5.91 Å². The van der Waals surface area contributed by atoms with Gasteiger partial charge in [0.1, 0.15) is 0 Å². The molecule has 1 heterocycles. The molecule has 5 heteroatoms. The summed E-state index contributed by atoms with van der Waals surface area (Å²) in [5, 5.41) is 2.87. The van der Waals surface area contributed by atoms with Crippen LogP contribution >= 0.6 is 11.8 Å². The fourth-order valence-electron chi connectivity index (χ4n) is 1.84. The molecule has 0 saturated heterocycles. The van der Waals surface area contributed by atoms with E-state index in [4.69, 9.17) is 0 Å². The van der Waals surface area contributed by atoms with Crippen molar-refractivity contribution in [3.63, 3.8) is 0 Å². The van der Waals surface area contributed by atoms with E-state index in [0.29, 0.717) is 10.1 Å². The van der Waals surface area contributed by atoms with Crippen molar-refractivity contribution in [3.8, 4) is 0 Å². The van der Waals surface area contributed by atoms with Crippen LogP contribution in [-0.2, 0) is 15.0 Å². The molecule has 0 bridgehead atoms. The van der Waals surface area contributed by atoms with Gasteiger partial charge in [-0.1, -0.05) is 45.0 Å². The van der Waals surface area contributed by atoms with E-state index in [1.165, 1.54) is 24.2 Å². The Balaban J connectivity index is 2.15. The molecule has 1 N–H and O–H groups in total. The second-order valence-electron chi connectivity index (χ2n) is 5.89. The van der Waals surface area contributed by atoms with Gasteiger partial charge in [0, 0.05) is 6.92 Å². The Labute approximate surface area is 128 Å². The lowest BCUT2D eigenvalue weighted by Crippen LogP contribution is -2.23. The van der Waals surface area contributed by atoms with E-state index in [0.717, 1.165) is 5.56 Å². The third-order valence-electron chi connectivity index (χ3n) is 2.98. The Morgan fingerprint density at radius 2 is 1.86 bits per heavy atom. The number of amides is 2. The van der Waals surface area contributed by atoms with E-state index in [2.05, 4.69) is 43.2 Å². The molecule has 0 saturated carbocycles. The fourth-order valence-corrected chi connectivity index (χ4v) is 2.70.